The fourth-order valence-corrected chi connectivity index (χ4v) is 6.68. The molecular weight excluding hydrogens is 504 g/mol. The standard InChI is InChI=1S/C24H24N4O6S2/c1-24(2)22(36-23(35)25(24)3)27-18(13-5-7-15(8-6-13)28(31)32)17-19(34-27)21(30)26(20(17)29)14-9-11-16(33-4)12-10-14/h5-12,17-19,22H,1-4H3/t17-,18-,19+,22+/m0/s1. The molecule has 3 aliphatic rings. The molecule has 3 fully saturated rings. The molecule has 2 aromatic carbocycles. The highest BCUT2D eigenvalue weighted by Crippen LogP contribution is 2.52. The summed E-state index contributed by atoms with van der Waals surface area (Å²) in [5.74, 6) is -1.08. The zero-order chi connectivity index (χ0) is 25.9. The molecule has 3 heterocycles. The van der Waals surface area contributed by atoms with Crippen LogP contribution in [-0.2, 0) is 14.4 Å². The van der Waals surface area contributed by atoms with Gasteiger partial charge in [-0.1, -0.05) is 36.1 Å². The van der Waals surface area contributed by atoms with Crippen LogP contribution in [0.4, 0.5) is 11.4 Å². The monoisotopic (exact) mass is 528 g/mol. The number of fused-ring (bicyclic) bond motifs is 1. The lowest BCUT2D eigenvalue weighted by Crippen LogP contribution is -2.51. The van der Waals surface area contributed by atoms with E-state index in [1.807, 2.05) is 25.8 Å². The fraction of sp³-hybridized carbons (Fsp3) is 0.375. The van der Waals surface area contributed by atoms with Crippen LogP contribution >= 0.6 is 24.0 Å². The number of thiocarbonyl (C=S) groups is 1. The van der Waals surface area contributed by atoms with Crippen molar-refractivity contribution in [2.24, 2.45) is 5.92 Å². The molecular formula is C24H24N4O6S2. The Hall–Kier alpha value is -3.06. The normalized spacial score (nSPS) is 27.6. The summed E-state index contributed by atoms with van der Waals surface area (Å²) in [5, 5.41) is 12.6. The van der Waals surface area contributed by atoms with Crippen LogP contribution in [0.2, 0.25) is 0 Å². The molecule has 36 heavy (non-hydrogen) atoms. The molecule has 0 bridgehead atoms. The quantitative estimate of drug-likeness (QED) is 0.248. The maximum absolute atomic E-state index is 13.8. The molecule has 5 rings (SSSR count). The lowest BCUT2D eigenvalue weighted by atomic mass is 9.90. The Labute approximate surface area is 217 Å². The van der Waals surface area contributed by atoms with Gasteiger partial charge in [0.05, 0.1) is 35.2 Å². The van der Waals surface area contributed by atoms with Gasteiger partial charge in [0.2, 0.25) is 5.91 Å². The van der Waals surface area contributed by atoms with E-state index < -0.39 is 40.3 Å². The van der Waals surface area contributed by atoms with Gasteiger partial charge in [-0.15, -0.1) is 0 Å². The van der Waals surface area contributed by atoms with Gasteiger partial charge in [-0.2, -0.15) is 5.06 Å². The number of carbonyl (C=O) groups is 2. The Morgan fingerprint density at radius 3 is 2.25 bits per heavy atom. The number of carbonyl (C=O) groups excluding carboxylic acids is 2. The number of likely N-dealkylation sites (N-methyl/N-ethyl adjacent to an activating group) is 1. The summed E-state index contributed by atoms with van der Waals surface area (Å²) in [6.45, 7) is 4.03. The van der Waals surface area contributed by atoms with Crippen molar-refractivity contribution >= 4 is 51.5 Å². The summed E-state index contributed by atoms with van der Waals surface area (Å²) in [6.07, 6.45) is -1.03. The van der Waals surface area contributed by atoms with Crippen LogP contribution in [0.3, 0.4) is 0 Å². The number of nitro benzene ring substituents is 1. The van der Waals surface area contributed by atoms with Gasteiger partial charge < -0.3 is 9.64 Å². The largest absolute Gasteiger partial charge is 0.497 e. The highest BCUT2D eigenvalue weighted by molar-refractivity contribution is 8.23. The number of hydroxylamine groups is 2. The number of hydrogen-bond acceptors (Lipinski definition) is 9. The SMILES string of the molecule is COc1ccc(N2C(=O)[C@@H]3[C@@H](ON([C@@H]4SC(=S)N(C)C4(C)C)[C@H]3c3ccc([N+](=O)[O-])cc3)C2=O)cc1. The molecule has 188 valence electrons. The van der Waals surface area contributed by atoms with Crippen molar-refractivity contribution in [1.82, 2.24) is 9.96 Å². The molecule has 3 aliphatic heterocycles. The summed E-state index contributed by atoms with van der Waals surface area (Å²) >= 11 is 6.96. The first kappa shape index (κ1) is 24.6. The van der Waals surface area contributed by atoms with Crippen LogP contribution in [0.25, 0.3) is 0 Å². The van der Waals surface area contributed by atoms with Crippen LogP contribution in [0.1, 0.15) is 25.5 Å². The first-order chi connectivity index (χ1) is 17.1. The van der Waals surface area contributed by atoms with Crippen molar-refractivity contribution in [2.45, 2.75) is 36.9 Å². The number of thioether (sulfide) groups is 1. The molecule has 3 saturated heterocycles. The number of non-ortho nitro benzene ring substituents is 1. The molecule has 0 aromatic heterocycles. The van der Waals surface area contributed by atoms with Crippen LogP contribution in [0.15, 0.2) is 48.5 Å². The second-order valence-corrected chi connectivity index (χ2v) is 11.1. The maximum atomic E-state index is 13.8. The average molecular weight is 529 g/mol. The van der Waals surface area contributed by atoms with Crippen molar-refractivity contribution in [3.8, 4) is 5.75 Å². The van der Waals surface area contributed by atoms with Gasteiger partial charge in [0.15, 0.2) is 6.10 Å². The number of ether oxygens (including phenoxy) is 1. The third-order valence-corrected chi connectivity index (χ3v) is 9.15. The number of anilines is 1. The van der Waals surface area contributed by atoms with Crippen molar-refractivity contribution in [3.05, 3.63) is 64.2 Å². The highest BCUT2D eigenvalue weighted by Gasteiger charge is 2.63. The lowest BCUT2D eigenvalue weighted by molar-refractivity contribution is -0.384. The Balaban J connectivity index is 1.56. The first-order valence-corrected chi connectivity index (χ1v) is 12.5. The molecule has 0 aliphatic carbocycles. The van der Waals surface area contributed by atoms with E-state index >= 15 is 0 Å². The second kappa shape index (κ2) is 8.80. The topological polar surface area (TPSA) is 105 Å². The van der Waals surface area contributed by atoms with Gasteiger partial charge in [0, 0.05) is 19.2 Å². The number of methoxy groups -OCH3 is 1. The van der Waals surface area contributed by atoms with Crippen LogP contribution < -0.4 is 9.64 Å². The first-order valence-electron chi connectivity index (χ1n) is 11.2. The minimum Gasteiger partial charge on any atom is -0.497 e. The van der Waals surface area contributed by atoms with Crippen molar-refractivity contribution in [1.29, 1.82) is 0 Å². The van der Waals surface area contributed by atoms with E-state index in [0.717, 1.165) is 4.90 Å². The van der Waals surface area contributed by atoms with E-state index in [0.29, 0.717) is 21.3 Å². The zero-order valence-corrected chi connectivity index (χ0v) is 21.6. The number of imide groups is 1. The number of hydrogen-bond donors (Lipinski definition) is 0. The summed E-state index contributed by atoms with van der Waals surface area (Å²) in [6, 6.07) is 12.0. The van der Waals surface area contributed by atoms with E-state index in [-0.39, 0.29) is 11.1 Å². The number of nitrogens with zero attached hydrogens (tertiary/aromatic N) is 4. The van der Waals surface area contributed by atoms with E-state index in [1.165, 1.54) is 31.0 Å². The Morgan fingerprint density at radius 2 is 1.72 bits per heavy atom. The number of amides is 2. The lowest BCUT2D eigenvalue weighted by Gasteiger charge is -2.39. The predicted molar refractivity (Wildman–Crippen MR) is 137 cm³/mol. The molecule has 0 radical (unpaired) electrons. The van der Waals surface area contributed by atoms with Gasteiger partial charge >= 0.3 is 0 Å². The van der Waals surface area contributed by atoms with E-state index in [4.69, 9.17) is 21.8 Å². The Morgan fingerprint density at radius 1 is 1.08 bits per heavy atom. The summed E-state index contributed by atoms with van der Waals surface area (Å²) in [5.41, 5.74) is 0.532. The average Bonchev–Trinajstić information content (AvgIpc) is 3.43. The molecule has 0 saturated carbocycles. The molecule has 2 amide bonds. The highest BCUT2D eigenvalue weighted by atomic mass is 32.2. The Kier molecular flexibility index (Phi) is 6.02. The zero-order valence-electron chi connectivity index (χ0n) is 20.0. The molecule has 4 atom stereocenters. The maximum Gasteiger partial charge on any atom is 0.269 e. The summed E-state index contributed by atoms with van der Waals surface area (Å²) < 4.78 is 5.86. The minimum atomic E-state index is -1.03. The van der Waals surface area contributed by atoms with Crippen LogP contribution in [0, 0.1) is 16.0 Å². The smallest absolute Gasteiger partial charge is 0.269 e. The number of rotatable bonds is 5. The van der Waals surface area contributed by atoms with Crippen molar-refractivity contribution in [3.63, 3.8) is 0 Å². The van der Waals surface area contributed by atoms with Gasteiger partial charge in [0.25, 0.3) is 11.6 Å². The van der Waals surface area contributed by atoms with E-state index in [2.05, 4.69) is 0 Å². The molecule has 0 unspecified atom stereocenters. The van der Waals surface area contributed by atoms with Crippen LogP contribution in [0.5, 0.6) is 5.75 Å². The molecule has 10 nitrogen and oxygen atoms in total. The summed E-state index contributed by atoms with van der Waals surface area (Å²) in [4.78, 5) is 47.4. The molecule has 12 heteroatoms. The molecule has 2 aromatic rings. The van der Waals surface area contributed by atoms with Crippen molar-refractivity contribution < 1.29 is 24.1 Å². The Bertz CT molecular complexity index is 1250. The van der Waals surface area contributed by atoms with Gasteiger partial charge in [-0.05, 0) is 43.7 Å². The fourth-order valence-electron chi connectivity index (χ4n) is 4.85. The van der Waals surface area contributed by atoms with Gasteiger partial charge in [0.1, 0.15) is 15.4 Å². The van der Waals surface area contributed by atoms with Crippen LogP contribution in [-0.4, -0.2) is 62.2 Å². The second-order valence-electron chi connectivity index (χ2n) is 9.36. The minimum absolute atomic E-state index is 0.0640. The summed E-state index contributed by atoms with van der Waals surface area (Å²) in [7, 11) is 3.43. The third-order valence-electron chi connectivity index (χ3n) is 7.11. The van der Waals surface area contributed by atoms with Crippen molar-refractivity contribution in [2.75, 3.05) is 19.1 Å². The van der Waals surface area contributed by atoms with E-state index in [1.54, 1.807) is 41.5 Å². The van der Waals surface area contributed by atoms with Gasteiger partial charge in [-0.25, -0.2) is 4.90 Å². The predicted octanol–water partition coefficient (Wildman–Crippen LogP) is 3.52. The number of nitro groups is 1. The third kappa shape index (κ3) is 3.67. The van der Waals surface area contributed by atoms with Gasteiger partial charge in [-0.3, -0.25) is 24.5 Å². The van der Waals surface area contributed by atoms with E-state index in [9.17, 15) is 19.7 Å². The molecule has 0 spiro atoms. The number of benzene rings is 2. The molecule has 0 N–H and O–H groups in total.